The fourth-order valence-electron chi connectivity index (χ4n) is 2.33. The molecule has 22 heavy (non-hydrogen) atoms. The van der Waals surface area contributed by atoms with E-state index in [1.807, 2.05) is 0 Å². The molecule has 1 aliphatic carbocycles. The Morgan fingerprint density at radius 2 is 1.68 bits per heavy atom. The number of alkyl halides is 3. The van der Waals surface area contributed by atoms with Gasteiger partial charge in [0.1, 0.15) is 0 Å². The van der Waals surface area contributed by atoms with E-state index in [2.05, 4.69) is 0 Å². The number of carboxylic acids is 2. The summed E-state index contributed by atoms with van der Waals surface area (Å²) in [5, 5.41) is 18.3. The van der Waals surface area contributed by atoms with Crippen molar-refractivity contribution in [3.63, 3.8) is 0 Å². The van der Waals surface area contributed by atoms with Crippen LogP contribution in [0.4, 0.5) is 13.2 Å². The molecule has 0 unspecified atom stereocenters. The first-order chi connectivity index (χ1) is 10.2. The molecule has 0 atom stereocenters. The van der Waals surface area contributed by atoms with Gasteiger partial charge in [0.25, 0.3) is 0 Å². The van der Waals surface area contributed by atoms with E-state index in [1.54, 1.807) is 0 Å². The third kappa shape index (κ3) is 2.61. The summed E-state index contributed by atoms with van der Waals surface area (Å²) in [4.78, 5) is 22.6. The molecule has 0 spiro atoms. The maximum Gasteiger partial charge on any atom is 0.416 e. The third-order valence-electron chi connectivity index (χ3n) is 3.49. The lowest BCUT2D eigenvalue weighted by Gasteiger charge is -2.26. The zero-order valence-corrected chi connectivity index (χ0v) is 11.1. The van der Waals surface area contributed by atoms with E-state index in [1.165, 1.54) is 24.3 Å². The first-order valence-electron chi connectivity index (χ1n) is 6.20. The molecule has 2 N–H and O–H groups in total. The summed E-state index contributed by atoms with van der Waals surface area (Å²) in [5.74, 6) is -3.24. The molecular formula is C15H11F3O4. The number of hydrogen-bond acceptors (Lipinski definition) is 2. The van der Waals surface area contributed by atoms with E-state index in [9.17, 15) is 33.0 Å². The van der Waals surface area contributed by atoms with Gasteiger partial charge in [-0.25, -0.2) is 0 Å². The molecular weight excluding hydrogens is 301 g/mol. The Hall–Kier alpha value is -2.57. The van der Waals surface area contributed by atoms with Gasteiger partial charge in [-0.15, -0.1) is 0 Å². The SMILES string of the molecule is O=C(O)C1(C(=O)O)C=CC=C(c2ccccc2C(F)(F)F)C1. The number of halogens is 3. The van der Waals surface area contributed by atoms with Gasteiger partial charge in [0.05, 0.1) is 5.56 Å². The van der Waals surface area contributed by atoms with Gasteiger partial charge in [-0.2, -0.15) is 13.2 Å². The average Bonchev–Trinajstić information content (AvgIpc) is 2.46. The van der Waals surface area contributed by atoms with E-state index < -0.39 is 35.5 Å². The lowest BCUT2D eigenvalue weighted by atomic mass is 9.76. The topological polar surface area (TPSA) is 74.6 Å². The second-order valence-electron chi connectivity index (χ2n) is 4.85. The Bertz CT molecular complexity index is 672. The lowest BCUT2D eigenvalue weighted by Crippen LogP contribution is -2.38. The van der Waals surface area contributed by atoms with E-state index in [0.29, 0.717) is 0 Å². The highest BCUT2D eigenvalue weighted by atomic mass is 19.4. The Morgan fingerprint density at radius 3 is 2.23 bits per heavy atom. The fourth-order valence-corrected chi connectivity index (χ4v) is 2.33. The lowest BCUT2D eigenvalue weighted by molar-refractivity contribution is -0.160. The molecule has 2 rings (SSSR count). The predicted molar refractivity (Wildman–Crippen MR) is 70.9 cm³/mol. The average molecular weight is 312 g/mol. The normalized spacial score (nSPS) is 17.0. The molecule has 0 aliphatic heterocycles. The summed E-state index contributed by atoms with van der Waals surface area (Å²) in [6, 6.07) is 4.67. The molecule has 0 fully saturated rings. The highest BCUT2D eigenvalue weighted by Crippen LogP contribution is 2.41. The summed E-state index contributed by atoms with van der Waals surface area (Å²) in [6.07, 6.45) is -1.74. The van der Waals surface area contributed by atoms with Crippen molar-refractivity contribution in [1.82, 2.24) is 0 Å². The second-order valence-corrected chi connectivity index (χ2v) is 4.85. The van der Waals surface area contributed by atoms with Crippen LogP contribution in [0.1, 0.15) is 17.5 Å². The molecule has 4 nitrogen and oxygen atoms in total. The number of carbonyl (C=O) groups is 2. The van der Waals surface area contributed by atoms with E-state index in [4.69, 9.17) is 0 Å². The van der Waals surface area contributed by atoms with Gasteiger partial charge < -0.3 is 10.2 Å². The number of hydrogen-bond donors (Lipinski definition) is 2. The minimum absolute atomic E-state index is 0.0141. The molecule has 7 heteroatoms. The highest BCUT2D eigenvalue weighted by molar-refractivity contribution is 6.03. The quantitative estimate of drug-likeness (QED) is 0.841. The van der Waals surface area contributed by atoms with Crippen molar-refractivity contribution in [3.05, 3.63) is 53.6 Å². The molecule has 0 aromatic heterocycles. The number of benzene rings is 1. The van der Waals surface area contributed by atoms with Gasteiger partial charge in [0, 0.05) is 6.42 Å². The smallest absolute Gasteiger partial charge is 0.416 e. The summed E-state index contributed by atoms with van der Waals surface area (Å²) in [7, 11) is 0. The standard InChI is InChI=1S/C15H11F3O4/c16-15(17,18)11-6-2-1-5-10(11)9-4-3-7-14(8-9,12(19)20)13(21)22/h1-7H,8H2,(H,19,20)(H,21,22). The van der Waals surface area contributed by atoms with Gasteiger partial charge in [-0.05, 0) is 17.2 Å². The van der Waals surface area contributed by atoms with Gasteiger partial charge in [-0.3, -0.25) is 9.59 Å². The van der Waals surface area contributed by atoms with Crippen molar-refractivity contribution in [2.75, 3.05) is 0 Å². The maximum atomic E-state index is 13.0. The summed E-state index contributed by atoms with van der Waals surface area (Å²) >= 11 is 0. The highest BCUT2D eigenvalue weighted by Gasteiger charge is 2.46. The van der Waals surface area contributed by atoms with E-state index >= 15 is 0 Å². The first kappa shape index (κ1) is 15.8. The maximum absolute atomic E-state index is 13.0. The third-order valence-corrected chi connectivity index (χ3v) is 3.49. The minimum atomic E-state index is -4.62. The monoisotopic (exact) mass is 312 g/mol. The Morgan fingerprint density at radius 1 is 1.09 bits per heavy atom. The van der Waals surface area contributed by atoms with E-state index in [-0.39, 0.29) is 11.1 Å². The van der Waals surface area contributed by atoms with Crippen molar-refractivity contribution in [1.29, 1.82) is 0 Å². The van der Waals surface area contributed by atoms with Crippen LogP contribution in [0.15, 0.2) is 42.5 Å². The van der Waals surface area contributed by atoms with Crippen molar-refractivity contribution in [2.45, 2.75) is 12.6 Å². The molecule has 0 saturated heterocycles. The van der Waals surface area contributed by atoms with Gasteiger partial charge in [-0.1, -0.05) is 36.4 Å². The van der Waals surface area contributed by atoms with Crippen LogP contribution >= 0.6 is 0 Å². The van der Waals surface area contributed by atoms with Gasteiger partial charge in [0.2, 0.25) is 0 Å². The summed E-state index contributed by atoms with van der Waals surface area (Å²) in [5.41, 5.74) is -3.39. The molecule has 0 radical (unpaired) electrons. The number of allylic oxidation sites excluding steroid dienone is 3. The molecule has 0 saturated carbocycles. The zero-order valence-electron chi connectivity index (χ0n) is 11.1. The van der Waals surface area contributed by atoms with Gasteiger partial charge >= 0.3 is 18.1 Å². The molecule has 1 aromatic rings. The van der Waals surface area contributed by atoms with Crippen LogP contribution in [0.25, 0.3) is 5.57 Å². The van der Waals surface area contributed by atoms with Crippen molar-refractivity contribution >= 4 is 17.5 Å². The van der Waals surface area contributed by atoms with Crippen LogP contribution < -0.4 is 0 Å². The molecule has 1 aromatic carbocycles. The Balaban J connectivity index is 2.53. The Labute approximate surface area is 123 Å². The van der Waals surface area contributed by atoms with Crippen molar-refractivity contribution in [3.8, 4) is 0 Å². The van der Waals surface area contributed by atoms with Crippen LogP contribution in [-0.2, 0) is 15.8 Å². The minimum Gasteiger partial charge on any atom is -0.480 e. The number of carboxylic acid groups (broad SMARTS) is 2. The van der Waals surface area contributed by atoms with Crippen LogP contribution in [0.3, 0.4) is 0 Å². The number of rotatable bonds is 3. The second kappa shape index (κ2) is 5.32. The van der Waals surface area contributed by atoms with Crippen LogP contribution in [-0.4, -0.2) is 22.2 Å². The summed E-state index contributed by atoms with van der Waals surface area (Å²) < 4.78 is 39.1. The molecule has 1 aliphatic rings. The first-order valence-corrected chi connectivity index (χ1v) is 6.20. The molecule has 0 bridgehead atoms. The van der Waals surface area contributed by atoms with Crippen LogP contribution in [0.2, 0.25) is 0 Å². The van der Waals surface area contributed by atoms with Crippen molar-refractivity contribution in [2.24, 2.45) is 5.41 Å². The number of aliphatic carboxylic acids is 2. The van der Waals surface area contributed by atoms with E-state index in [0.717, 1.165) is 18.2 Å². The van der Waals surface area contributed by atoms with Crippen molar-refractivity contribution < 1.29 is 33.0 Å². The Kier molecular flexibility index (Phi) is 3.83. The van der Waals surface area contributed by atoms with Crippen LogP contribution in [0.5, 0.6) is 0 Å². The summed E-state index contributed by atoms with van der Waals surface area (Å²) in [6.45, 7) is 0. The zero-order chi connectivity index (χ0) is 16.5. The molecule has 0 heterocycles. The largest absolute Gasteiger partial charge is 0.480 e. The molecule has 116 valence electrons. The fraction of sp³-hybridized carbons (Fsp3) is 0.200. The van der Waals surface area contributed by atoms with Crippen LogP contribution in [0, 0.1) is 5.41 Å². The molecule has 0 amide bonds. The van der Waals surface area contributed by atoms with Gasteiger partial charge in [0.15, 0.2) is 5.41 Å². The predicted octanol–water partition coefficient (Wildman–Crippen LogP) is 3.20.